The highest BCUT2D eigenvalue weighted by Gasteiger charge is 2.21. The second-order valence-electron chi connectivity index (χ2n) is 9.53. The van der Waals surface area contributed by atoms with Gasteiger partial charge in [0.2, 0.25) is 0 Å². The Morgan fingerprint density at radius 1 is 0.974 bits per heavy atom. The Hall–Kier alpha value is -4.63. The standard InChI is InChI=1S/C32H30N4O2/c1-24-10-12-25(13-11-24)23-38-30-16-14-26(15-17-30)31-28(22-36(34-31)29-8-4-2-5-9-29)20-27(21-33)32(37)35-18-6-3-7-19-35/h2,4-5,8-17,20,22H,3,6-7,18-19,23H2,1H3/b27-20-. The molecule has 1 aromatic heterocycles. The zero-order valence-electron chi connectivity index (χ0n) is 21.5. The summed E-state index contributed by atoms with van der Waals surface area (Å²) in [5, 5.41) is 14.7. The van der Waals surface area contributed by atoms with E-state index >= 15 is 0 Å². The van der Waals surface area contributed by atoms with Gasteiger partial charge in [-0.2, -0.15) is 10.4 Å². The van der Waals surface area contributed by atoms with E-state index in [1.807, 2.05) is 60.8 Å². The molecule has 1 amide bonds. The average molecular weight is 503 g/mol. The third-order valence-electron chi connectivity index (χ3n) is 6.71. The van der Waals surface area contributed by atoms with Gasteiger partial charge in [0.15, 0.2) is 0 Å². The van der Waals surface area contributed by atoms with Gasteiger partial charge in [0.25, 0.3) is 5.91 Å². The maximum Gasteiger partial charge on any atom is 0.264 e. The monoisotopic (exact) mass is 502 g/mol. The van der Waals surface area contributed by atoms with E-state index in [-0.39, 0.29) is 11.5 Å². The Bertz CT molecular complexity index is 1460. The molecule has 3 aromatic carbocycles. The highest BCUT2D eigenvalue weighted by atomic mass is 16.5. The molecule has 0 radical (unpaired) electrons. The van der Waals surface area contributed by atoms with Crippen LogP contribution in [0, 0.1) is 18.3 Å². The first-order valence-corrected chi connectivity index (χ1v) is 13.0. The molecule has 4 aromatic rings. The predicted molar refractivity (Wildman–Crippen MR) is 149 cm³/mol. The van der Waals surface area contributed by atoms with E-state index < -0.39 is 0 Å². The second-order valence-corrected chi connectivity index (χ2v) is 9.53. The number of piperidine rings is 1. The molecule has 0 saturated carbocycles. The largest absolute Gasteiger partial charge is 0.489 e. The molecule has 6 nitrogen and oxygen atoms in total. The van der Waals surface area contributed by atoms with E-state index in [0.29, 0.717) is 31.0 Å². The molecule has 38 heavy (non-hydrogen) atoms. The van der Waals surface area contributed by atoms with E-state index in [1.54, 1.807) is 15.7 Å². The first-order valence-electron chi connectivity index (χ1n) is 13.0. The van der Waals surface area contributed by atoms with Gasteiger partial charge in [-0.25, -0.2) is 4.68 Å². The molecule has 0 unspecified atom stereocenters. The van der Waals surface area contributed by atoms with Crippen LogP contribution in [-0.2, 0) is 11.4 Å². The van der Waals surface area contributed by atoms with Crippen molar-refractivity contribution in [3.8, 4) is 28.8 Å². The fraction of sp³-hybridized carbons (Fsp3) is 0.219. The number of hydrogen-bond acceptors (Lipinski definition) is 4. The van der Waals surface area contributed by atoms with Crippen LogP contribution in [0.1, 0.15) is 36.0 Å². The minimum Gasteiger partial charge on any atom is -0.489 e. The average Bonchev–Trinajstić information content (AvgIpc) is 3.40. The van der Waals surface area contributed by atoms with Gasteiger partial charge in [0, 0.05) is 30.4 Å². The van der Waals surface area contributed by atoms with E-state index in [0.717, 1.165) is 41.8 Å². The van der Waals surface area contributed by atoms with Gasteiger partial charge in [-0.3, -0.25) is 4.79 Å². The Kier molecular flexibility index (Phi) is 7.65. The molecule has 0 N–H and O–H groups in total. The molecule has 2 heterocycles. The number of aryl methyl sites for hydroxylation is 1. The van der Waals surface area contributed by atoms with Crippen molar-refractivity contribution in [2.24, 2.45) is 0 Å². The fourth-order valence-electron chi connectivity index (χ4n) is 4.55. The minimum absolute atomic E-state index is 0.124. The fourth-order valence-corrected chi connectivity index (χ4v) is 4.55. The molecule has 1 aliphatic heterocycles. The number of hydrogen-bond donors (Lipinski definition) is 0. The van der Waals surface area contributed by atoms with Crippen LogP contribution in [0.2, 0.25) is 0 Å². The summed E-state index contributed by atoms with van der Waals surface area (Å²) in [7, 11) is 0. The van der Waals surface area contributed by atoms with E-state index in [1.165, 1.54) is 5.56 Å². The van der Waals surface area contributed by atoms with Crippen molar-refractivity contribution >= 4 is 12.0 Å². The smallest absolute Gasteiger partial charge is 0.264 e. The zero-order chi connectivity index (χ0) is 26.3. The molecule has 0 bridgehead atoms. The van der Waals surface area contributed by atoms with Crippen LogP contribution in [0.25, 0.3) is 23.0 Å². The van der Waals surface area contributed by atoms with Crippen LogP contribution in [0.5, 0.6) is 5.75 Å². The second kappa shape index (κ2) is 11.6. The van der Waals surface area contributed by atoms with Gasteiger partial charge in [0.1, 0.15) is 24.0 Å². The molecule has 0 aliphatic carbocycles. The molecule has 5 rings (SSSR count). The first kappa shape index (κ1) is 25.0. The number of rotatable bonds is 7. The van der Waals surface area contributed by atoms with E-state index in [4.69, 9.17) is 9.84 Å². The number of carbonyl (C=O) groups excluding carboxylic acids is 1. The number of ether oxygens (including phenoxy) is 1. The molecule has 0 spiro atoms. The summed E-state index contributed by atoms with van der Waals surface area (Å²) in [5.74, 6) is 0.539. The van der Waals surface area contributed by atoms with Crippen LogP contribution >= 0.6 is 0 Å². The zero-order valence-corrected chi connectivity index (χ0v) is 21.5. The Balaban J connectivity index is 1.44. The molecular weight excluding hydrogens is 472 g/mol. The lowest BCUT2D eigenvalue weighted by Crippen LogP contribution is -2.36. The molecular formula is C32H30N4O2. The lowest BCUT2D eigenvalue weighted by Gasteiger charge is -2.26. The highest BCUT2D eigenvalue weighted by molar-refractivity contribution is 6.02. The Morgan fingerprint density at radius 2 is 1.68 bits per heavy atom. The van der Waals surface area contributed by atoms with Crippen LogP contribution in [0.3, 0.4) is 0 Å². The number of amides is 1. The number of likely N-dealkylation sites (tertiary alicyclic amines) is 1. The maximum absolute atomic E-state index is 13.1. The molecule has 1 fully saturated rings. The Labute approximate surface area is 223 Å². The summed E-state index contributed by atoms with van der Waals surface area (Å²) in [5.41, 5.74) is 5.62. The van der Waals surface area contributed by atoms with Gasteiger partial charge in [0.05, 0.1) is 11.4 Å². The molecule has 1 saturated heterocycles. The topological polar surface area (TPSA) is 71.1 Å². The number of nitriles is 1. The van der Waals surface area contributed by atoms with Gasteiger partial charge < -0.3 is 9.64 Å². The van der Waals surface area contributed by atoms with Crippen molar-refractivity contribution in [3.05, 3.63) is 107 Å². The lowest BCUT2D eigenvalue weighted by molar-refractivity contribution is -0.127. The number of para-hydroxylation sites is 1. The van der Waals surface area contributed by atoms with Gasteiger partial charge >= 0.3 is 0 Å². The quantitative estimate of drug-likeness (QED) is 0.218. The van der Waals surface area contributed by atoms with Crippen LogP contribution in [0.4, 0.5) is 0 Å². The summed E-state index contributed by atoms with van der Waals surface area (Å²) in [6, 6.07) is 28.0. The number of aromatic nitrogens is 2. The van der Waals surface area contributed by atoms with Crippen LogP contribution in [0.15, 0.2) is 90.6 Å². The van der Waals surface area contributed by atoms with Crippen molar-refractivity contribution in [1.29, 1.82) is 5.26 Å². The summed E-state index contributed by atoms with van der Waals surface area (Å²) in [6.45, 7) is 3.94. The maximum atomic E-state index is 13.1. The minimum atomic E-state index is -0.217. The van der Waals surface area contributed by atoms with Gasteiger partial charge in [-0.15, -0.1) is 0 Å². The van der Waals surface area contributed by atoms with Crippen LogP contribution < -0.4 is 4.74 Å². The lowest BCUT2D eigenvalue weighted by atomic mass is 10.0. The highest BCUT2D eigenvalue weighted by Crippen LogP contribution is 2.28. The number of carbonyl (C=O) groups is 1. The molecule has 190 valence electrons. The van der Waals surface area contributed by atoms with Gasteiger partial charge in [-0.05, 0) is 74.2 Å². The van der Waals surface area contributed by atoms with Crippen molar-refractivity contribution < 1.29 is 9.53 Å². The number of nitrogens with zero attached hydrogens (tertiary/aromatic N) is 4. The van der Waals surface area contributed by atoms with Crippen molar-refractivity contribution in [1.82, 2.24) is 14.7 Å². The Morgan fingerprint density at radius 3 is 2.37 bits per heavy atom. The van der Waals surface area contributed by atoms with Crippen LogP contribution in [-0.4, -0.2) is 33.7 Å². The first-order chi connectivity index (χ1) is 18.6. The molecule has 1 aliphatic rings. The summed E-state index contributed by atoms with van der Waals surface area (Å²) < 4.78 is 7.76. The van der Waals surface area contributed by atoms with Crippen molar-refractivity contribution in [2.75, 3.05) is 13.1 Å². The summed E-state index contributed by atoms with van der Waals surface area (Å²) in [4.78, 5) is 14.9. The summed E-state index contributed by atoms with van der Waals surface area (Å²) >= 11 is 0. The predicted octanol–water partition coefficient (Wildman–Crippen LogP) is 6.35. The molecule has 0 atom stereocenters. The number of benzene rings is 3. The van der Waals surface area contributed by atoms with Gasteiger partial charge in [-0.1, -0.05) is 48.0 Å². The summed E-state index contributed by atoms with van der Waals surface area (Å²) in [6.07, 6.45) is 6.60. The third-order valence-corrected chi connectivity index (χ3v) is 6.71. The molecule has 6 heteroatoms. The van der Waals surface area contributed by atoms with E-state index in [9.17, 15) is 10.1 Å². The third kappa shape index (κ3) is 5.84. The SMILES string of the molecule is Cc1ccc(COc2ccc(-c3nn(-c4ccccc4)cc3/C=C(/C#N)C(=O)N3CCCCC3)cc2)cc1. The normalized spacial score (nSPS) is 13.7. The van der Waals surface area contributed by atoms with Crippen molar-refractivity contribution in [2.45, 2.75) is 32.8 Å². The van der Waals surface area contributed by atoms with Crippen molar-refractivity contribution in [3.63, 3.8) is 0 Å². The van der Waals surface area contributed by atoms with E-state index in [2.05, 4.69) is 37.3 Å².